The van der Waals surface area contributed by atoms with Crippen LogP contribution >= 0.6 is 11.3 Å². The molecular weight excluding hydrogens is 424 g/mol. The molecule has 0 bridgehead atoms. The van der Waals surface area contributed by atoms with Crippen molar-refractivity contribution in [1.82, 2.24) is 4.98 Å². The van der Waals surface area contributed by atoms with Crippen LogP contribution in [0.2, 0.25) is 0 Å². The van der Waals surface area contributed by atoms with E-state index in [1.54, 1.807) is 18.2 Å². The van der Waals surface area contributed by atoms with Gasteiger partial charge in [0, 0.05) is 16.5 Å². The van der Waals surface area contributed by atoms with E-state index >= 15 is 0 Å². The van der Waals surface area contributed by atoms with Gasteiger partial charge in [0.05, 0.1) is 15.1 Å². The zero-order valence-corrected chi connectivity index (χ0v) is 17.3. The number of sulfonamides is 1. The average Bonchev–Trinajstić information content (AvgIpc) is 3.01. The molecule has 8 nitrogen and oxygen atoms in total. The third-order valence-electron chi connectivity index (χ3n) is 4.32. The normalized spacial score (nSPS) is 14.7. The number of rotatable bonds is 4. The molecule has 0 saturated carbocycles. The Labute approximate surface area is 175 Å². The highest BCUT2D eigenvalue weighted by Gasteiger charge is 2.15. The molecule has 0 atom stereocenters. The maximum absolute atomic E-state index is 12.3. The molecular formula is C20H16N4O4S2. The largest absolute Gasteiger partial charge is 0.492 e. The van der Waals surface area contributed by atoms with Crippen molar-refractivity contribution in [3.8, 4) is 5.88 Å². The van der Waals surface area contributed by atoms with E-state index in [9.17, 15) is 18.3 Å². The van der Waals surface area contributed by atoms with Crippen LogP contribution in [0.25, 0.3) is 12.2 Å². The van der Waals surface area contributed by atoms with Crippen molar-refractivity contribution in [2.75, 3.05) is 5.32 Å². The number of nitrogens with zero attached hydrogens (tertiary/aromatic N) is 2. The Hall–Kier alpha value is -3.34. The minimum absolute atomic E-state index is 0.00826. The zero-order chi connectivity index (χ0) is 21.5. The summed E-state index contributed by atoms with van der Waals surface area (Å²) in [5, 5.41) is 20.1. The number of aromatic hydroxyl groups is 1. The lowest BCUT2D eigenvalue weighted by molar-refractivity contribution is -0.114. The zero-order valence-electron chi connectivity index (χ0n) is 15.7. The molecule has 4 N–H and O–H groups in total. The van der Waals surface area contributed by atoms with Crippen LogP contribution in [0.15, 0.2) is 57.9 Å². The number of thiazole rings is 1. The van der Waals surface area contributed by atoms with Crippen LogP contribution in [0.5, 0.6) is 5.88 Å². The van der Waals surface area contributed by atoms with Gasteiger partial charge in [0.1, 0.15) is 0 Å². The van der Waals surface area contributed by atoms with Gasteiger partial charge in [-0.25, -0.2) is 18.5 Å². The predicted octanol–water partition coefficient (Wildman–Crippen LogP) is 1.57. The van der Waals surface area contributed by atoms with E-state index in [1.165, 1.54) is 24.3 Å². The van der Waals surface area contributed by atoms with Crippen LogP contribution < -0.4 is 21.0 Å². The van der Waals surface area contributed by atoms with Crippen molar-refractivity contribution in [2.45, 2.75) is 11.8 Å². The van der Waals surface area contributed by atoms with Crippen LogP contribution in [0.1, 0.15) is 10.4 Å². The summed E-state index contributed by atoms with van der Waals surface area (Å²) in [5.41, 5.74) is 1.96. The molecule has 10 heteroatoms. The molecule has 0 unspecified atom stereocenters. The molecule has 1 aromatic heterocycles. The van der Waals surface area contributed by atoms with Crippen LogP contribution in [-0.2, 0) is 14.8 Å². The first-order chi connectivity index (χ1) is 14.2. The fraction of sp³-hybridized carbons (Fsp3) is 0.0500. The fourth-order valence-corrected chi connectivity index (χ4v) is 4.21. The predicted molar refractivity (Wildman–Crippen MR) is 114 cm³/mol. The second-order valence-electron chi connectivity index (χ2n) is 6.62. The number of primary sulfonamides is 1. The molecule has 2 aromatic carbocycles. The molecule has 2 heterocycles. The molecule has 0 spiro atoms. The quantitative estimate of drug-likeness (QED) is 0.527. The number of nitrogens with one attached hydrogen (secondary N) is 1. The van der Waals surface area contributed by atoms with E-state index in [-0.39, 0.29) is 10.8 Å². The number of hydrogen-bond donors (Lipinski definition) is 3. The second kappa shape index (κ2) is 7.48. The minimum Gasteiger partial charge on any atom is -0.492 e. The molecule has 30 heavy (non-hydrogen) atoms. The first kappa shape index (κ1) is 20.0. The van der Waals surface area contributed by atoms with E-state index in [0.717, 1.165) is 22.1 Å². The summed E-state index contributed by atoms with van der Waals surface area (Å²) in [6.07, 6.45) is 3.27. The Morgan fingerprint density at radius 2 is 1.90 bits per heavy atom. The highest BCUT2D eigenvalue weighted by molar-refractivity contribution is 7.89. The topological polar surface area (TPSA) is 135 Å². The molecule has 1 amide bonds. The van der Waals surface area contributed by atoms with Gasteiger partial charge in [0.2, 0.25) is 15.9 Å². The summed E-state index contributed by atoms with van der Waals surface area (Å²) in [6, 6.07) is 11.4. The van der Waals surface area contributed by atoms with E-state index in [2.05, 4.69) is 15.3 Å². The number of hydrogen-bond acceptors (Lipinski definition) is 7. The van der Waals surface area contributed by atoms with Crippen molar-refractivity contribution in [2.24, 2.45) is 10.1 Å². The molecule has 0 saturated heterocycles. The van der Waals surface area contributed by atoms with Gasteiger partial charge in [-0.3, -0.25) is 4.79 Å². The van der Waals surface area contributed by atoms with Gasteiger partial charge in [-0.15, -0.1) is 0 Å². The van der Waals surface area contributed by atoms with Gasteiger partial charge in [-0.05, 0) is 55.5 Å². The van der Waals surface area contributed by atoms with Gasteiger partial charge in [0.25, 0.3) is 5.91 Å². The average molecular weight is 441 g/mol. The molecule has 3 aromatic rings. The number of aryl methyl sites for hydroxylation is 1. The van der Waals surface area contributed by atoms with Crippen molar-refractivity contribution in [3.63, 3.8) is 0 Å². The Morgan fingerprint density at radius 3 is 2.60 bits per heavy atom. The number of anilines is 2. The lowest BCUT2D eigenvalue weighted by Gasteiger charge is -2.04. The van der Waals surface area contributed by atoms with E-state index < -0.39 is 15.9 Å². The molecule has 0 aliphatic carbocycles. The number of amides is 1. The first-order valence-electron chi connectivity index (χ1n) is 8.72. The second-order valence-corrected chi connectivity index (χ2v) is 9.22. The van der Waals surface area contributed by atoms with Gasteiger partial charge >= 0.3 is 0 Å². The molecule has 1 aliphatic rings. The summed E-state index contributed by atoms with van der Waals surface area (Å²) in [7, 11) is -3.77. The summed E-state index contributed by atoms with van der Waals surface area (Å²) in [6.45, 7) is 1.95. The first-order valence-corrected chi connectivity index (χ1v) is 11.1. The van der Waals surface area contributed by atoms with Gasteiger partial charge in [-0.2, -0.15) is 4.98 Å². The van der Waals surface area contributed by atoms with Crippen molar-refractivity contribution in [3.05, 3.63) is 69.1 Å². The molecule has 0 fully saturated rings. The number of carbonyl (C=O) groups is 1. The SMILES string of the molecule is Cc1ccc2c(c1)=C/C(=C/c1sc(Nc3ccc(S(N)(=O)=O)cc3)nc1O)C(=O)N=2. The fourth-order valence-electron chi connectivity index (χ4n) is 2.86. The summed E-state index contributed by atoms with van der Waals surface area (Å²) in [5.74, 6) is -0.625. The van der Waals surface area contributed by atoms with Crippen LogP contribution in [0.3, 0.4) is 0 Å². The Bertz CT molecular complexity index is 1420. The Morgan fingerprint density at radius 1 is 1.17 bits per heavy atom. The molecule has 0 radical (unpaired) electrons. The van der Waals surface area contributed by atoms with E-state index in [0.29, 0.717) is 26.6 Å². The maximum atomic E-state index is 12.3. The third kappa shape index (κ3) is 4.15. The minimum atomic E-state index is -3.77. The number of carbonyl (C=O) groups excluding carboxylic acids is 1. The number of aromatic nitrogens is 1. The monoisotopic (exact) mass is 440 g/mol. The summed E-state index contributed by atoms with van der Waals surface area (Å²) >= 11 is 1.14. The van der Waals surface area contributed by atoms with Crippen LogP contribution in [-0.4, -0.2) is 24.4 Å². The van der Waals surface area contributed by atoms with Gasteiger partial charge < -0.3 is 10.4 Å². The van der Waals surface area contributed by atoms with Crippen molar-refractivity contribution in [1.29, 1.82) is 0 Å². The summed E-state index contributed by atoms with van der Waals surface area (Å²) in [4.78, 5) is 20.8. The molecule has 1 aliphatic heterocycles. The highest BCUT2D eigenvalue weighted by atomic mass is 32.2. The van der Waals surface area contributed by atoms with Gasteiger partial charge in [0.15, 0.2) is 5.13 Å². The standard InChI is InChI=1S/C20H16N4O4S2/c1-11-2-7-16-12(8-11)9-13(18(25)23-16)10-17-19(26)24-20(29-17)22-14-3-5-15(6-4-14)30(21,27)28/h2-10,26H,1H3,(H,22,24)(H2,21,27,28)/b13-10-. The highest BCUT2D eigenvalue weighted by Crippen LogP contribution is 2.32. The lowest BCUT2D eigenvalue weighted by Crippen LogP contribution is -2.30. The van der Waals surface area contributed by atoms with Crippen molar-refractivity contribution < 1.29 is 18.3 Å². The third-order valence-corrected chi connectivity index (χ3v) is 6.15. The maximum Gasteiger partial charge on any atom is 0.277 e. The van der Waals surface area contributed by atoms with Gasteiger partial charge in [-0.1, -0.05) is 23.0 Å². The Kier molecular flexibility index (Phi) is 4.98. The molecule has 152 valence electrons. The summed E-state index contributed by atoms with van der Waals surface area (Å²) < 4.78 is 22.7. The lowest BCUT2D eigenvalue weighted by atomic mass is 10.1. The molecule has 4 rings (SSSR count). The van der Waals surface area contributed by atoms with Crippen LogP contribution in [0, 0.1) is 6.92 Å². The van der Waals surface area contributed by atoms with Crippen molar-refractivity contribution >= 4 is 50.2 Å². The van der Waals surface area contributed by atoms with Crippen LogP contribution in [0.4, 0.5) is 10.8 Å². The smallest absolute Gasteiger partial charge is 0.277 e. The van der Waals surface area contributed by atoms with E-state index in [4.69, 9.17) is 5.14 Å². The van der Waals surface area contributed by atoms with E-state index in [1.807, 2.05) is 19.1 Å². The number of fused-ring (bicyclic) bond motifs is 1. The number of benzene rings is 2. The number of nitrogens with two attached hydrogens (primary N) is 1. The Balaban J connectivity index is 1.62.